The molecule has 1 saturated carbocycles. The maximum atomic E-state index is 13.4. The van der Waals surface area contributed by atoms with Gasteiger partial charge in [0.15, 0.2) is 6.61 Å². The molecule has 3 aromatic carbocycles. The van der Waals surface area contributed by atoms with Crippen LogP contribution in [0.25, 0.3) is 10.8 Å². The van der Waals surface area contributed by atoms with Crippen LogP contribution in [-0.2, 0) is 4.79 Å². The summed E-state index contributed by atoms with van der Waals surface area (Å²) in [5.41, 5.74) is 0.607. The van der Waals surface area contributed by atoms with Crippen molar-refractivity contribution < 1.29 is 18.7 Å². The summed E-state index contributed by atoms with van der Waals surface area (Å²) in [6, 6.07) is 15.2. The first-order chi connectivity index (χ1) is 15.9. The molecule has 0 saturated heterocycles. The monoisotopic (exact) mass is 488 g/mol. The van der Waals surface area contributed by atoms with Crippen molar-refractivity contribution in [3.05, 3.63) is 76.0 Å². The summed E-state index contributed by atoms with van der Waals surface area (Å²) in [5.74, 6) is -0.727. The number of carbonyl (C=O) groups is 2. The molecule has 1 fully saturated rings. The van der Waals surface area contributed by atoms with Gasteiger partial charge in [0.2, 0.25) is 0 Å². The van der Waals surface area contributed by atoms with Crippen molar-refractivity contribution >= 4 is 45.8 Å². The molecular formula is C25H23Cl2FN2O3. The third kappa shape index (κ3) is 6.15. The Balaban J connectivity index is 1.22. The van der Waals surface area contributed by atoms with Crippen LogP contribution >= 0.6 is 23.2 Å². The summed E-state index contributed by atoms with van der Waals surface area (Å²) in [5, 5.41) is 8.64. The van der Waals surface area contributed by atoms with Crippen molar-refractivity contribution in [3.63, 3.8) is 0 Å². The minimum Gasteiger partial charge on any atom is -0.484 e. The molecular weight excluding hydrogens is 466 g/mol. The minimum absolute atomic E-state index is 0.00109. The van der Waals surface area contributed by atoms with Crippen molar-refractivity contribution in [2.45, 2.75) is 37.8 Å². The van der Waals surface area contributed by atoms with Crippen LogP contribution in [0.5, 0.6) is 5.75 Å². The van der Waals surface area contributed by atoms with Crippen LogP contribution in [0.3, 0.4) is 0 Å². The fraction of sp³-hybridized carbons (Fsp3) is 0.280. The second-order valence-electron chi connectivity index (χ2n) is 8.16. The zero-order valence-corrected chi connectivity index (χ0v) is 19.3. The van der Waals surface area contributed by atoms with Crippen LogP contribution in [0.1, 0.15) is 36.0 Å². The highest BCUT2D eigenvalue weighted by atomic mass is 35.5. The molecule has 0 aliphatic heterocycles. The molecule has 0 radical (unpaired) electrons. The lowest BCUT2D eigenvalue weighted by Gasteiger charge is -2.29. The summed E-state index contributed by atoms with van der Waals surface area (Å²) in [6.45, 7) is -0.203. The van der Waals surface area contributed by atoms with Gasteiger partial charge in [-0.1, -0.05) is 35.3 Å². The van der Waals surface area contributed by atoms with E-state index in [0.717, 1.165) is 42.5 Å². The van der Waals surface area contributed by atoms with E-state index < -0.39 is 5.82 Å². The maximum absolute atomic E-state index is 13.4. The number of fused-ring (bicyclic) bond motifs is 1. The van der Waals surface area contributed by atoms with Crippen molar-refractivity contribution in [1.82, 2.24) is 10.6 Å². The Labute approximate surface area is 201 Å². The molecule has 8 heteroatoms. The van der Waals surface area contributed by atoms with Crippen molar-refractivity contribution in [2.24, 2.45) is 0 Å². The molecule has 5 nitrogen and oxygen atoms in total. The predicted molar refractivity (Wildman–Crippen MR) is 128 cm³/mol. The molecule has 4 rings (SSSR count). The summed E-state index contributed by atoms with van der Waals surface area (Å²) in [4.78, 5) is 24.9. The van der Waals surface area contributed by atoms with E-state index in [1.165, 1.54) is 12.1 Å². The number of halogens is 3. The summed E-state index contributed by atoms with van der Waals surface area (Å²) in [7, 11) is 0. The molecule has 0 heterocycles. The fourth-order valence-electron chi connectivity index (χ4n) is 3.99. The molecule has 0 unspecified atom stereocenters. The first-order valence-corrected chi connectivity index (χ1v) is 11.5. The molecule has 0 spiro atoms. The van der Waals surface area contributed by atoms with E-state index in [1.54, 1.807) is 12.1 Å². The van der Waals surface area contributed by atoms with E-state index in [2.05, 4.69) is 10.6 Å². The number of benzene rings is 3. The normalized spacial score (nSPS) is 18.0. The second kappa shape index (κ2) is 10.4. The summed E-state index contributed by atoms with van der Waals surface area (Å²) >= 11 is 11.7. The number of carbonyl (C=O) groups excluding carboxylic acids is 2. The first kappa shape index (κ1) is 23.3. The Morgan fingerprint density at radius 1 is 0.879 bits per heavy atom. The van der Waals surface area contributed by atoms with Crippen molar-refractivity contribution in [1.29, 1.82) is 0 Å². The standard InChI is InChI=1S/C25H23Cl2FN2O3/c26-18-4-3-15-11-17(2-1-16(15)12-18)25(32)30-20-7-5-19(6-8-20)29-24(31)14-33-21-9-10-22(27)23(28)13-21/h1-4,9-13,19-20H,5-8,14H2,(H,29,31)(H,30,32)/t19-,20-. The highest BCUT2D eigenvalue weighted by molar-refractivity contribution is 6.31. The Kier molecular flexibility index (Phi) is 7.36. The first-order valence-electron chi connectivity index (χ1n) is 10.7. The van der Waals surface area contributed by atoms with Crippen LogP contribution in [0, 0.1) is 5.82 Å². The highest BCUT2D eigenvalue weighted by Gasteiger charge is 2.24. The number of rotatable bonds is 6. The predicted octanol–water partition coefficient (Wildman–Crippen LogP) is 5.52. The molecule has 33 heavy (non-hydrogen) atoms. The van der Waals surface area contributed by atoms with Crippen LogP contribution < -0.4 is 15.4 Å². The third-order valence-electron chi connectivity index (χ3n) is 5.75. The van der Waals surface area contributed by atoms with Crippen LogP contribution in [-0.4, -0.2) is 30.5 Å². The summed E-state index contributed by atoms with van der Waals surface area (Å²) < 4.78 is 18.8. The Hall–Kier alpha value is -2.83. The molecule has 2 N–H and O–H groups in total. The molecule has 2 amide bonds. The lowest BCUT2D eigenvalue weighted by Crippen LogP contribution is -2.44. The quantitative estimate of drug-likeness (QED) is 0.479. The van der Waals surface area contributed by atoms with Crippen molar-refractivity contribution in [2.75, 3.05) is 6.61 Å². The van der Waals surface area contributed by atoms with Gasteiger partial charge < -0.3 is 15.4 Å². The van der Waals surface area contributed by atoms with Gasteiger partial charge in [0.1, 0.15) is 11.6 Å². The smallest absolute Gasteiger partial charge is 0.258 e. The largest absolute Gasteiger partial charge is 0.484 e. The van der Waals surface area contributed by atoms with E-state index in [-0.39, 0.29) is 41.3 Å². The molecule has 3 aromatic rings. The van der Waals surface area contributed by atoms with Gasteiger partial charge in [-0.15, -0.1) is 0 Å². The number of hydrogen-bond acceptors (Lipinski definition) is 3. The SMILES string of the molecule is O=C(COc1ccc(Cl)c(F)c1)N[C@H]1CC[C@H](NC(=O)c2ccc3cc(Cl)ccc3c2)CC1. The highest BCUT2D eigenvalue weighted by Crippen LogP contribution is 2.23. The second-order valence-corrected chi connectivity index (χ2v) is 9.00. The van der Waals surface area contributed by atoms with E-state index in [0.29, 0.717) is 10.6 Å². The molecule has 1 aliphatic carbocycles. The average molecular weight is 489 g/mol. The van der Waals surface area contributed by atoms with Gasteiger partial charge in [0.05, 0.1) is 5.02 Å². The van der Waals surface area contributed by atoms with E-state index in [9.17, 15) is 14.0 Å². The van der Waals surface area contributed by atoms with Crippen LogP contribution in [0.2, 0.25) is 10.0 Å². The van der Waals surface area contributed by atoms with Gasteiger partial charge in [-0.3, -0.25) is 9.59 Å². The number of hydrogen-bond donors (Lipinski definition) is 2. The summed E-state index contributed by atoms with van der Waals surface area (Å²) in [6.07, 6.45) is 3.04. The Morgan fingerprint density at radius 2 is 1.55 bits per heavy atom. The molecule has 0 atom stereocenters. The Morgan fingerprint density at radius 3 is 2.27 bits per heavy atom. The maximum Gasteiger partial charge on any atom is 0.258 e. The zero-order chi connectivity index (χ0) is 23.4. The molecule has 0 aromatic heterocycles. The fourth-order valence-corrected chi connectivity index (χ4v) is 4.29. The van der Waals surface area contributed by atoms with Crippen LogP contribution in [0.15, 0.2) is 54.6 Å². The van der Waals surface area contributed by atoms with Gasteiger partial charge in [0.25, 0.3) is 11.8 Å². The topological polar surface area (TPSA) is 67.4 Å². The minimum atomic E-state index is -0.594. The number of ether oxygens (including phenoxy) is 1. The zero-order valence-electron chi connectivity index (χ0n) is 17.7. The average Bonchev–Trinajstić information content (AvgIpc) is 2.80. The Bertz CT molecular complexity index is 1180. The number of nitrogens with one attached hydrogen (secondary N) is 2. The van der Waals surface area contributed by atoms with Gasteiger partial charge in [-0.25, -0.2) is 4.39 Å². The van der Waals surface area contributed by atoms with Gasteiger partial charge in [-0.05, 0) is 72.9 Å². The molecule has 1 aliphatic rings. The van der Waals surface area contributed by atoms with E-state index in [4.69, 9.17) is 27.9 Å². The van der Waals surface area contributed by atoms with Crippen LogP contribution in [0.4, 0.5) is 4.39 Å². The van der Waals surface area contributed by atoms with E-state index in [1.807, 2.05) is 24.3 Å². The van der Waals surface area contributed by atoms with Crippen molar-refractivity contribution in [3.8, 4) is 5.75 Å². The van der Waals surface area contributed by atoms with Gasteiger partial charge in [-0.2, -0.15) is 0 Å². The lowest BCUT2D eigenvalue weighted by molar-refractivity contribution is -0.124. The van der Waals surface area contributed by atoms with E-state index >= 15 is 0 Å². The molecule has 0 bridgehead atoms. The van der Waals surface area contributed by atoms with Gasteiger partial charge >= 0.3 is 0 Å². The number of amides is 2. The van der Waals surface area contributed by atoms with Gasteiger partial charge in [0, 0.05) is 28.7 Å². The lowest BCUT2D eigenvalue weighted by atomic mass is 9.91. The third-order valence-corrected chi connectivity index (χ3v) is 6.29. The molecule has 172 valence electrons.